The summed E-state index contributed by atoms with van der Waals surface area (Å²) in [6, 6.07) is 8.79. The predicted molar refractivity (Wildman–Crippen MR) is 85.3 cm³/mol. The Bertz CT molecular complexity index is 458. The van der Waals surface area contributed by atoms with Crippen LogP contribution < -0.4 is 5.32 Å². The molecule has 1 aliphatic heterocycles. The lowest BCUT2D eigenvalue weighted by atomic mass is 9.99. The van der Waals surface area contributed by atoms with Gasteiger partial charge < -0.3 is 20.4 Å². The number of nitrogens with zero attached hydrogens (tertiary/aromatic N) is 1. The van der Waals surface area contributed by atoms with Gasteiger partial charge in [0, 0.05) is 13.1 Å². The van der Waals surface area contributed by atoms with Crippen LogP contribution in [0.1, 0.15) is 31.4 Å². The molecule has 5 nitrogen and oxygen atoms in total. The molecule has 2 atom stereocenters. The minimum atomic E-state index is -1.19. The van der Waals surface area contributed by atoms with E-state index in [0.717, 1.165) is 31.8 Å². The number of hydrogen-bond donors (Lipinski definition) is 3. The predicted octanol–water partition coefficient (Wildman–Crippen LogP) is 0.929. The Morgan fingerprint density at radius 3 is 2.55 bits per heavy atom. The lowest BCUT2D eigenvalue weighted by Gasteiger charge is -2.31. The number of rotatable bonds is 6. The van der Waals surface area contributed by atoms with Crippen molar-refractivity contribution in [1.29, 1.82) is 0 Å². The van der Waals surface area contributed by atoms with Crippen LogP contribution in [0.25, 0.3) is 0 Å². The van der Waals surface area contributed by atoms with E-state index < -0.39 is 18.1 Å². The second kappa shape index (κ2) is 8.27. The molecular weight excluding hydrogens is 280 g/mol. The fraction of sp³-hybridized carbons (Fsp3) is 0.588. The van der Waals surface area contributed by atoms with Crippen LogP contribution in [-0.2, 0) is 4.79 Å². The number of carbonyl (C=O) groups excluding carboxylic acids is 1. The summed E-state index contributed by atoms with van der Waals surface area (Å²) in [5.41, 5.74) is 0.555. The Hall–Kier alpha value is -1.43. The molecule has 5 heteroatoms. The highest BCUT2D eigenvalue weighted by Gasteiger charge is 2.20. The molecule has 2 rings (SSSR count). The van der Waals surface area contributed by atoms with Crippen LogP contribution in [0, 0.1) is 5.92 Å². The molecule has 1 saturated heterocycles. The van der Waals surface area contributed by atoms with Crippen molar-refractivity contribution in [2.24, 2.45) is 5.92 Å². The maximum absolute atomic E-state index is 11.9. The average molecular weight is 306 g/mol. The number of aliphatic hydroxyl groups excluding tert-OH is 2. The number of nitrogens with one attached hydrogen (secondary N) is 1. The molecule has 1 aromatic carbocycles. The van der Waals surface area contributed by atoms with Gasteiger partial charge in [0.1, 0.15) is 0 Å². The van der Waals surface area contributed by atoms with Gasteiger partial charge in [-0.15, -0.1) is 0 Å². The van der Waals surface area contributed by atoms with Gasteiger partial charge in [0.25, 0.3) is 5.91 Å². The Morgan fingerprint density at radius 1 is 1.27 bits per heavy atom. The van der Waals surface area contributed by atoms with Gasteiger partial charge >= 0.3 is 0 Å². The molecule has 22 heavy (non-hydrogen) atoms. The van der Waals surface area contributed by atoms with Crippen LogP contribution >= 0.6 is 0 Å². The van der Waals surface area contributed by atoms with Crippen LogP contribution in [0.15, 0.2) is 30.3 Å². The normalized spacial score (nSPS) is 19.6. The minimum Gasteiger partial charge on any atom is -0.390 e. The molecule has 1 fully saturated rings. The van der Waals surface area contributed by atoms with Crippen molar-refractivity contribution < 1.29 is 15.0 Å². The van der Waals surface area contributed by atoms with Crippen molar-refractivity contribution in [1.82, 2.24) is 10.2 Å². The quantitative estimate of drug-likeness (QED) is 0.731. The summed E-state index contributed by atoms with van der Waals surface area (Å²) < 4.78 is 0. The molecular formula is C17H26N2O3. The zero-order valence-corrected chi connectivity index (χ0v) is 13.1. The number of hydrogen-bond acceptors (Lipinski definition) is 4. The summed E-state index contributed by atoms with van der Waals surface area (Å²) >= 11 is 0. The van der Waals surface area contributed by atoms with E-state index in [9.17, 15) is 15.0 Å². The highest BCUT2D eigenvalue weighted by atomic mass is 16.3. The van der Waals surface area contributed by atoms with Crippen molar-refractivity contribution in [2.75, 3.05) is 26.2 Å². The first-order valence-corrected chi connectivity index (χ1v) is 7.97. The molecule has 0 bridgehead atoms. The highest BCUT2D eigenvalue weighted by Crippen LogP contribution is 2.16. The van der Waals surface area contributed by atoms with Gasteiger partial charge in [-0.25, -0.2) is 0 Å². The van der Waals surface area contributed by atoms with Crippen LogP contribution in [0.3, 0.4) is 0 Å². The monoisotopic (exact) mass is 306 g/mol. The molecule has 0 spiro atoms. The molecule has 0 radical (unpaired) electrons. The molecule has 1 aromatic rings. The lowest BCUT2D eigenvalue weighted by Crippen LogP contribution is -2.43. The Labute approximate surface area is 131 Å². The van der Waals surface area contributed by atoms with E-state index in [1.807, 2.05) is 6.07 Å². The zero-order valence-electron chi connectivity index (χ0n) is 13.1. The third-order valence-corrected chi connectivity index (χ3v) is 4.22. The summed E-state index contributed by atoms with van der Waals surface area (Å²) in [7, 11) is 0. The van der Waals surface area contributed by atoms with Gasteiger partial charge in [-0.05, 0) is 37.4 Å². The highest BCUT2D eigenvalue weighted by molar-refractivity contribution is 5.81. The van der Waals surface area contributed by atoms with E-state index >= 15 is 0 Å². The molecule has 0 aromatic heterocycles. The van der Waals surface area contributed by atoms with E-state index in [-0.39, 0.29) is 6.54 Å². The van der Waals surface area contributed by atoms with Crippen molar-refractivity contribution in [3.8, 4) is 0 Å². The first kappa shape index (κ1) is 16.9. The molecule has 1 unspecified atom stereocenters. The number of amides is 1. The second-order valence-corrected chi connectivity index (χ2v) is 6.20. The van der Waals surface area contributed by atoms with Gasteiger partial charge in [0.15, 0.2) is 6.10 Å². The van der Waals surface area contributed by atoms with E-state index in [2.05, 4.69) is 17.1 Å². The smallest absolute Gasteiger partial charge is 0.253 e. The summed E-state index contributed by atoms with van der Waals surface area (Å²) in [6.07, 6.45) is 0.516. The molecule has 122 valence electrons. The summed E-state index contributed by atoms with van der Waals surface area (Å²) in [5, 5.41) is 22.6. The first-order chi connectivity index (χ1) is 10.6. The molecule has 1 amide bonds. The standard InChI is InChI=1S/C17H26N2O3/c1-13-7-9-19(10-8-13)12-15(20)11-18-17(22)16(21)14-5-3-2-4-6-14/h2-6,13,15-16,20-21H,7-12H2,1H3,(H,18,22)/t15?,16-/m0/s1. The summed E-state index contributed by atoms with van der Waals surface area (Å²) in [5.74, 6) is 0.284. The fourth-order valence-electron chi connectivity index (χ4n) is 2.71. The Morgan fingerprint density at radius 2 is 1.91 bits per heavy atom. The third kappa shape index (κ3) is 5.09. The number of carbonyl (C=O) groups is 1. The maximum Gasteiger partial charge on any atom is 0.253 e. The van der Waals surface area contributed by atoms with E-state index in [1.54, 1.807) is 24.3 Å². The number of β-amino-alcohol motifs (C(OH)–C–C–N with tert-alkyl or cyclic N) is 1. The van der Waals surface area contributed by atoms with E-state index in [4.69, 9.17) is 0 Å². The van der Waals surface area contributed by atoms with E-state index in [1.165, 1.54) is 0 Å². The van der Waals surface area contributed by atoms with E-state index in [0.29, 0.717) is 12.1 Å². The number of benzene rings is 1. The SMILES string of the molecule is CC1CCN(CC(O)CNC(=O)[C@@H](O)c2ccccc2)CC1. The van der Waals surface area contributed by atoms with Crippen LogP contribution in [0.4, 0.5) is 0 Å². The summed E-state index contributed by atoms with van der Waals surface area (Å²) in [4.78, 5) is 14.1. The third-order valence-electron chi connectivity index (χ3n) is 4.22. The van der Waals surface area contributed by atoms with Crippen molar-refractivity contribution in [2.45, 2.75) is 32.0 Å². The van der Waals surface area contributed by atoms with Crippen molar-refractivity contribution in [3.63, 3.8) is 0 Å². The van der Waals surface area contributed by atoms with Crippen molar-refractivity contribution in [3.05, 3.63) is 35.9 Å². The molecule has 3 N–H and O–H groups in total. The van der Waals surface area contributed by atoms with Gasteiger partial charge in [-0.3, -0.25) is 4.79 Å². The topological polar surface area (TPSA) is 72.8 Å². The summed E-state index contributed by atoms with van der Waals surface area (Å²) in [6.45, 7) is 4.97. The van der Waals surface area contributed by atoms with Crippen LogP contribution in [-0.4, -0.2) is 53.3 Å². The number of aliphatic hydroxyl groups is 2. The number of piperidine rings is 1. The van der Waals surface area contributed by atoms with Gasteiger partial charge in [0.05, 0.1) is 6.10 Å². The fourth-order valence-corrected chi connectivity index (χ4v) is 2.71. The van der Waals surface area contributed by atoms with Gasteiger partial charge in [-0.1, -0.05) is 37.3 Å². The maximum atomic E-state index is 11.9. The van der Waals surface area contributed by atoms with Gasteiger partial charge in [-0.2, -0.15) is 0 Å². The first-order valence-electron chi connectivity index (χ1n) is 7.97. The molecule has 0 aliphatic carbocycles. The van der Waals surface area contributed by atoms with Gasteiger partial charge in [0.2, 0.25) is 0 Å². The Kier molecular flexibility index (Phi) is 6.36. The largest absolute Gasteiger partial charge is 0.390 e. The second-order valence-electron chi connectivity index (χ2n) is 6.20. The molecule has 0 saturated carbocycles. The molecule has 1 aliphatic rings. The van der Waals surface area contributed by atoms with Crippen molar-refractivity contribution >= 4 is 5.91 Å². The molecule has 1 heterocycles. The van der Waals surface area contributed by atoms with Crippen LogP contribution in [0.2, 0.25) is 0 Å². The lowest BCUT2D eigenvalue weighted by molar-refractivity contribution is -0.130. The zero-order chi connectivity index (χ0) is 15.9. The number of likely N-dealkylation sites (tertiary alicyclic amines) is 1. The minimum absolute atomic E-state index is 0.161. The average Bonchev–Trinajstić information content (AvgIpc) is 2.55. The Balaban J connectivity index is 1.71. The van der Waals surface area contributed by atoms with Crippen LogP contribution in [0.5, 0.6) is 0 Å².